The van der Waals surface area contributed by atoms with Crippen LogP contribution in [0.3, 0.4) is 0 Å². The standard InChI is InChI=1S/C15H12O2S2/c16-15(17)11-4-2-9-1-3-10-7-12(18)5-6-13(10)19-14(9)8-11/h2,4-8,18H,1,3H2,(H,16,17). The number of carbonyl (C=O) groups is 1. The third-order valence-electron chi connectivity index (χ3n) is 3.24. The molecule has 1 aliphatic heterocycles. The van der Waals surface area contributed by atoms with Gasteiger partial charge in [0.15, 0.2) is 0 Å². The van der Waals surface area contributed by atoms with E-state index in [0.29, 0.717) is 5.56 Å². The second-order valence-electron chi connectivity index (χ2n) is 4.52. The van der Waals surface area contributed by atoms with E-state index in [1.807, 2.05) is 12.1 Å². The van der Waals surface area contributed by atoms with Crippen LogP contribution < -0.4 is 0 Å². The maximum Gasteiger partial charge on any atom is 0.335 e. The van der Waals surface area contributed by atoms with Crippen molar-refractivity contribution in [3.05, 3.63) is 53.1 Å². The molecule has 0 aliphatic carbocycles. The topological polar surface area (TPSA) is 37.3 Å². The van der Waals surface area contributed by atoms with Crippen LogP contribution in [0.5, 0.6) is 0 Å². The second kappa shape index (κ2) is 4.94. The summed E-state index contributed by atoms with van der Waals surface area (Å²) in [6, 6.07) is 11.5. The number of aryl methyl sites for hydroxylation is 2. The summed E-state index contributed by atoms with van der Waals surface area (Å²) in [6.45, 7) is 0. The monoisotopic (exact) mass is 288 g/mol. The summed E-state index contributed by atoms with van der Waals surface area (Å²) in [5, 5.41) is 9.07. The molecule has 2 nitrogen and oxygen atoms in total. The quantitative estimate of drug-likeness (QED) is 0.781. The largest absolute Gasteiger partial charge is 0.478 e. The number of thiol groups is 1. The molecule has 0 saturated heterocycles. The van der Waals surface area contributed by atoms with Crippen LogP contribution in [0, 0.1) is 0 Å². The third-order valence-corrected chi connectivity index (χ3v) is 4.74. The van der Waals surface area contributed by atoms with Crippen molar-refractivity contribution in [3.63, 3.8) is 0 Å². The van der Waals surface area contributed by atoms with Gasteiger partial charge in [0.2, 0.25) is 0 Å². The molecule has 0 saturated carbocycles. The van der Waals surface area contributed by atoms with Crippen molar-refractivity contribution in [2.45, 2.75) is 27.5 Å². The molecule has 3 rings (SSSR count). The van der Waals surface area contributed by atoms with E-state index in [9.17, 15) is 4.79 Å². The van der Waals surface area contributed by atoms with Crippen molar-refractivity contribution in [2.75, 3.05) is 0 Å². The average Bonchev–Trinajstić information content (AvgIpc) is 2.56. The Kier molecular flexibility index (Phi) is 3.29. The fourth-order valence-electron chi connectivity index (χ4n) is 2.24. The number of carboxylic acid groups (broad SMARTS) is 1. The lowest BCUT2D eigenvalue weighted by Gasteiger charge is -2.07. The van der Waals surface area contributed by atoms with Crippen LogP contribution in [0.2, 0.25) is 0 Å². The first-order valence-electron chi connectivity index (χ1n) is 5.99. The predicted octanol–water partition coefficient (Wildman–Crippen LogP) is 3.92. The van der Waals surface area contributed by atoms with Gasteiger partial charge in [0.25, 0.3) is 0 Å². The molecule has 19 heavy (non-hydrogen) atoms. The van der Waals surface area contributed by atoms with Gasteiger partial charge < -0.3 is 5.11 Å². The first-order chi connectivity index (χ1) is 9.13. The van der Waals surface area contributed by atoms with Crippen LogP contribution in [0.1, 0.15) is 21.5 Å². The molecule has 0 atom stereocenters. The highest BCUT2D eigenvalue weighted by atomic mass is 32.2. The lowest BCUT2D eigenvalue weighted by Crippen LogP contribution is -1.98. The zero-order valence-electron chi connectivity index (χ0n) is 10.1. The van der Waals surface area contributed by atoms with Crippen molar-refractivity contribution in [2.24, 2.45) is 0 Å². The van der Waals surface area contributed by atoms with Gasteiger partial charge in [-0.3, -0.25) is 0 Å². The molecule has 2 aromatic carbocycles. The van der Waals surface area contributed by atoms with E-state index < -0.39 is 5.97 Å². The highest BCUT2D eigenvalue weighted by molar-refractivity contribution is 7.99. The first-order valence-corrected chi connectivity index (χ1v) is 7.26. The van der Waals surface area contributed by atoms with Crippen LogP contribution in [-0.4, -0.2) is 11.1 Å². The van der Waals surface area contributed by atoms with E-state index in [1.165, 1.54) is 16.0 Å². The molecule has 2 aromatic rings. The van der Waals surface area contributed by atoms with Gasteiger partial charge in [0.05, 0.1) is 5.56 Å². The molecule has 0 radical (unpaired) electrons. The van der Waals surface area contributed by atoms with Gasteiger partial charge in [-0.2, -0.15) is 0 Å². The van der Waals surface area contributed by atoms with E-state index >= 15 is 0 Å². The van der Waals surface area contributed by atoms with Crippen molar-refractivity contribution < 1.29 is 9.90 Å². The number of carboxylic acids is 1. The van der Waals surface area contributed by atoms with Gasteiger partial charge in [0, 0.05) is 14.7 Å². The normalized spacial score (nSPS) is 13.3. The van der Waals surface area contributed by atoms with Crippen LogP contribution in [0.25, 0.3) is 0 Å². The average molecular weight is 288 g/mol. The minimum Gasteiger partial charge on any atom is -0.478 e. The van der Waals surface area contributed by atoms with Crippen molar-refractivity contribution >= 4 is 30.4 Å². The maximum atomic E-state index is 11.0. The zero-order chi connectivity index (χ0) is 13.4. The van der Waals surface area contributed by atoms with Gasteiger partial charge in [-0.1, -0.05) is 17.8 Å². The molecule has 0 spiro atoms. The van der Waals surface area contributed by atoms with Crippen molar-refractivity contribution in [1.82, 2.24) is 0 Å². The van der Waals surface area contributed by atoms with Crippen molar-refractivity contribution in [3.8, 4) is 0 Å². The summed E-state index contributed by atoms with van der Waals surface area (Å²) in [4.78, 5) is 14.3. The Morgan fingerprint density at radius 1 is 1.05 bits per heavy atom. The van der Waals surface area contributed by atoms with E-state index in [1.54, 1.807) is 23.9 Å². The van der Waals surface area contributed by atoms with E-state index in [0.717, 1.165) is 22.6 Å². The van der Waals surface area contributed by atoms with E-state index in [4.69, 9.17) is 5.11 Å². The first kappa shape index (κ1) is 12.6. The van der Waals surface area contributed by atoms with Gasteiger partial charge in [0.1, 0.15) is 0 Å². The van der Waals surface area contributed by atoms with Gasteiger partial charge in [-0.15, -0.1) is 12.6 Å². The minimum absolute atomic E-state index is 0.348. The molecule has 0 aromatic heterocycles. The zero-order valence-corrected chi connectivity index (χ0v) is 11.8. The predicted molar refractivity (Wildman–Crippen MR) is 78.6 cm³/mol. The highest BCUT2D eigenvalue weighted by Gasteiger charge is 2.16. The number of hydrogen-bond donors (Lipinski definition) is 2. The Labute approximate surface area is 121 Å². The van der Waals surface area contributed by atoms with E-state index in [2.05, 4.69) is 24.8 Å². The summed E-state index contributed by atoms with van der Waals surface area (Å²) in [7, 11) is 0. The summed E-state index contributed by atoms with van der Waals surface area (Å²) in [5.74, 6) is -0.876. The summed E-state index contributed by atoms with van der Waals surface area (Å²) in [6.07, 6.45) is 1.91. The number of aromatic carboxylic acids is 1. The molecular weight excluding hydrogens is 276 g/mol. The fourth-order valence-corrected chi connectivity index (χ4v) is 3.62. The summed E-state index contributed by atoms with van der Waals surface area (Å²) >= 11 is 6.02. The Bertz CT molecular complexity index is 665. The Morgan fingerprint density at radius 2 is 1.84 bits per heavy atom. The molecule has 0 bridgehead atoms. The van der Waals surface area contributed by atoms with Crippen LogP contribution >= 0.6 is 24.4 Å². The second-order valence-corrected chi connectivity index (χ2v) is 6.12. The Balaban J connectivity index is 2.06. The van der Waals surface area contributed by atoms with E-state index in [-0.39, 0.29) is 0 Å². The fraction of sp³-hybridized carbons (Fsp3) is 0.133. The molecule has 1 N–H and O–H groups in total. The SMILES string of the molecule is O=C(O)c1ccc2c(c1)Sc1ccc(S)cc1CC2. The van der Waals surface area contributed by atoms with Crippen LogP contribution in [-0.2, 0) is 12.8 Å². The Hall–Kier alpha value is -1.39. The number of rotatable bonds is 1. The van der Waals surface area contributed by atoms with Crippen LogP contribution in [0.15, 0.2) is 51.1 Å². The van der Waals surface area contributed by atoms with Gasteiger partial charge >= 0.3 is 5.97 Å². The molecular formula is C15H12O2S2. The summed E-state index contributed by atoms with van der Waals surface area (Å²) in [5.41, 5.74) is 2.85. The smallest absolute Gasteiger partial charge is 0.335 e. The summed E-state index contributed by atoms with van der Waals surface area (Å²) < 4.78 is 0. The molecule has 0 fully saturated rings. The lowest BCUT2D eigenvalue weighted by molar-refractivity contribution is 0.0696. The highest BCUT2D eigenvalue weighted by Crippen LogP contribution is 2.38. The lowest BCUT2D eigenvalue weighted by atomic mass is 10.0. The van der Waals surface area contributed by atoms with Crippen LogP contribution in [0.4, 0.5) is 0 Å². The van der Waals surface area contributed by atoms with Gasteiger partial charge in [-0.05, 0) is 54.3 Å². The van der Waals surface area contributed by atoms with Gasteiger partial charge in [-0.25, -0.2) is 4.79 Å². The third kappa shape index (κ3) is 2.51. The number of hydrogen-bond acceptors (Lipinski definition) is 3. The molecule has 1 heterocycles. The minimum atomic E-state index is -0.876. The number of fused-ring (bicyclic) bond motifs is 2. The molecule has 1 aliphatic rings. The maximum absolute atomic E-state index is 11.0. The molecule has 0 amide bonds. The Morgan fingerprint density at radius 3 is 2.63 bits per heavy atom. The van der Waals surface area contributed by atoms with Crippen molar-refractivity contribution in [1.29, 1.82) is 0 Å². The molecule has 96 valence electrons. The molecule has 4 heteroatoms. The number of benzene rings is 2. The molecule has 0 unspecified atom stereocenters.